The number of halogens is 3. The number of thioether (sulfide) groups is 1. The quantitative estimate of drug-likeness (QED) is 0.726. The molecule has 0 radical (unpaired) electrons. The van der Waals surface area contributed by atoms with Crippen LogP contribution >= 0.6 is 27.7 Å². The third-order valence-corrected chi connectivity index (χ3v) is 5.44. The maximum absolute atomic E-state index is 14.0. The minimum Gasteiger partial charge on any atom is -0.298 e. The van der Waals surface area contributed by atoms with Gasteiger partial charge in [-0.2, -0.15) is 11.8 Å². The molecule has 0 saturated carbocycles. The molecule has 0 amide bonds. The summed E-state index contributed by atoms with van der Waals surface area (Å²) in [5.74, 6) is 0.0672. The van der Waals surface area contributed by atoms with Crippen molar-refractivity contribution in [2.75, 3.05) is 18.8 Å². The van der Waals surface area contributed by atoms with E-state index < -0.39 is 11.6 Å². The summed E-state index contributed by atoms with van der Waals surface area (Å²) < 4.78 is 28.3. The van der Waals surface area contributed by atoms with E-state index >= 15 is 0 Å². The standard InChI is InChI=1S/C14H18BrF2NS/c1-14(2)5-6-18(7-8-19-14)9-10-12(16)4-3-11(15)13(10)17/h3-4H,5-9H2,1-2H3. The maximum Gasteiger partial charge on any atom is 0.144 e. The lowest BCUT2D eigenvalue weighted by molar-refractivity contribution is 0.268. The van der Waals surface area contributed by atoms with Gasteiger partial charge in [0.25, 0.3) is 0 Å². The van der Waals surface area contributed by atoms with Crippen LogP contribution in [0.1, 0.15) is 25.8 Å². The third kappa shape index (κ3) is 3.92. The van der Waals surface area contributed by atoms with Gasteiger partial charge in [-0.3, -0.25) is 4.90 Å². The topological polar surface area (TPSA) is 3.24 Å². The van der Waals surface area contributed by atoms with Gasteiger partial charge in [-0.15, -0.1) is 0 Å². The van der Waals surface area contributed by atoms with E-state index in [1.807, 2.05) is 11.8 Å². The molecular weight excluding hydrogens is 332 g/mol. The van der Waals surface area contributed by atoms with Crippen molar-refractivity contribution in [1.29, 1.82) is 0 Å². The molecular formula is C14H18BrF2NS. The van der Waals surface area contributed by atoms with Crippen LogP contribution in [0.5, 0.6) is 0 Å². The Hall–Kier alpha value is -0.130. The fraction of sp³-hybridized carbons (Fsp3) is 0.571. The van der Waals surface area contributed by atoms with Gasteiger partial charge in [0.05, 0.1) is 4.47 Å². The van der Waals surface area contributed by atoms with Gasteiger partial charge in [-0.25, -0.2) is 8.78 Å². The Labute approximate surface area is 125 Å². The molecule has 19 heavy (non-hydrogen) atoms. The maximum atomic E-state index is 14.0. The zero-order valence-electron chi connectivity index (χ0n) is 11.2. The van der Waals surface area contributed by atoms with Crippen LogP contribution in [-0.4, -0.2) is 28.5 Å². The summed E-state index contributed by atoms with van der Waals surface area (Å²) in [6, 6.07) is 2.73. The molecule has 0 spiro atoms. The Balaban J connectivity index is 2.11. The first-order chi connectivity index (χ1) is 8.89. The van der Waals surface area contributed by atoms with Crippen molar-refractivity contribution in [3.05, 3.63) is 33.8 Å². The van der Waals surface area contributed by atoms with Gasteiger partial charge in [-0.1, -0.05) is 13.8 Å². The number of hydrogen-bond donors (Lipinski definition) is 0. The summed E-state index contributed by atoms with van der Waals surface area (Å²) in [5, 5.41) is 0. The monoisotopic (exact) mass is 349 g/mol. The van der Waals surface area contributed by atoms with E-state index in [2.05, 4.69) is 34.7 Å². The van der Waals surface area contributed by atoms with Crippen LogP contribution in [0.15, 0.2) is 16.6 Å². The van der Waals surface area contributed by atoms with Crippen LogP contribution in [-0.2, 0) is 6.54 Å². The molecule has 0 unspecified atom stereocenters. The van der Waals surface area contributed by atoms with Gasteiger partial charge in [-0.05, 0) is 41.0 Å². The third-order valence-electron chi connectivity index (χ3n) is 3.45. The van der Waals surface area contributed by atoms with Gasteiger partial charge < -0.3 is 0 Å². The van der Waals surface area contributed by atoms with Crippen LogP contribution in [0.4, 0.5) is 8.78 Å². The molecule has 0 aromatic heterocycles. The van der Waals surface area contributed by atoms with E-state index in [4.69, 9.17) is 0 Å². The second-order valence-electron chi connectivity index (χ2n) is 5.46. The summed E-state index contributed by atoms with van der Waals surface area (Å²) in [4.78, 5) is 2.13. The van der Waals surface area contributed by atoms with Crippen molar-refractivity contribution in [2.45, 2.75) is 31.6 Å². The zero-order valence-corrected chi connectivity index (χ0v) is 13.6. The molecule has 0 atom stereocenters. The predicted octanol–water partition coefficient (Wildman–Crippen LogP) is 4.44. The second-order valence-corrected chi connectivity index (χ2v) is 8.11. The summed E-state index contributed by atoms with van der Waals surface area (Å²) in [6.07, 6.45) is 1.04. The van der Waals surface area contributed by atoms with Crippen molar-refractivity contribution >= 4 is 27.7 Å². The van der Waals surface area contributed by atoms with Crippen molar-refractivity contribution in [1.82, 2.24) is 4.90 Å². The lowest BCUT2D eigenvalue weighted by atomic mass is 10.1. The number of rotatable bonds is 2. The van der Waals surface area contributed by atoms with Crippen molar-refractivity contribution in [3.63, 3.8) is 0 Å². The molecule has 1 fully saturated rings. The van der Waals surface area contributed by atoms with E-state index in [1.165, 1.54) is 12.1 Å². The SMILES string of the molecule is CC1(C)CCN(Cc2c(F)ccc(Br)c2F)CCS1. The molecule has 1 nitrogen and oxygen atoms in total. The zero-order chi connectivity index (χ0) is 14.0. The molecule has 1 heterocycles. The molecule has 0 aliphatic carbocycles. The minimum atomic E-state index is -0.476. The molecule has 1 aliphatic heterocycles. The van der Waals surface area contributed by atoms with Crippen LogP contribution < -0.4 is 0 Å². The Morgan fingerprint density at radius 1 is 1.32 bits per heavy atom. The Bertz CT molecular complexity index is 465. The lowest BCUT2D eigenvalue weighted by Crippen LogP contribution is -2.27. The van der Waals surface area contributed by atoms with Crippen molar-refractivity contribution in [2.24, 2.45) is 0 Å². The Morgan fingerprint density at radius 3 is 2.79 bits per heavy atom. The Kier molecular flexibility index (Phi) is 4.90. The van der Waals surface area contributed by atoms with Crippen LogP contribution in [0, 0.1) is 11.6 Å². The molecule has 2 rings (SSSR count). The molecule has 1 aromatic carbocycles. The average Bonchev–Trinajstić information content (AvgIpc) is 2.51. The number of benzene rings is 1. The minimum absolute atomic E-state index is 0.166. The first-order valence-electron chi connectivity index (χ1n) is 6.38. The van der Waals surface area contributed by atoms with Gasteiger partial charge in [0, 0.05) is 29.2 Å². The predicted molar refractivity (Wildman–Crippen MR) is 80.5 cm³/mol. The fourth-order valence-corrected chi connectivity index (χ4v) is 3.67. The second kappa shape index (κ2) is 6.10. The highest BCUT2D eigenvalue weighted by atomic mass is 79.9. The molecule has 0 bridgehead atoms. The highest BCUT2D eigenvalue weighted by Crippen LogP contribution is 2.31. The van der Waals surface area contributed by atoms with Gasteiger partial charge in [0.1, 0.15) is 11.6 Å². The Morgan fingerprint density at radius 2 is 2.05 bits per heavy atom. The summed E-state index contributed by atoms with van der Waals surface area (Å²) in [5.41, 5.74) is 0.166. The summed E-state index contributed by atoms with van der Waals surface area (Å²) >= 11 is 5.04. The van der Waals surface area contributed by atoms with Crippen molar-refractivity contribution < 1.29 is 8.78 Å². The molecule has 106 valence electrons. The molecule has 5 heteroatoms. The normalized spacial score (nSPS) is 20.3. The first kappa shape index (κ1) is 15.3. The summed E-state index contributed by atoms with van der Waals surface area (Å²) in [6.45, 7) is 6.54. The van der Waals surface area contributed by atoms with Crippen molar-refractivity contribution in [3.8, 4) is 0 Å². The number of hydrogen-bond acceptors (Lipinski definition) is 2. The fourth-order valence-electron chi connectivity index (χ4n) is 2.16. The summed E-state index contributed by atoms with van der Waals surface area (Å²) in [7, 11) is 0. The highest BCUT2D eigenvalue weighted by Gasteiger charge is 2.25. The van der Waals surface area contributed by atoms with Crippen LogP contribution in [0.2, 0.25) is 0 Å². The average molecular weight is 350 g/mol. The molecule has 1 aromatic rings. The lowest BCUT2D eigenvalue weighted by Gasteiger charge is -2.23. The highest BCUT2D eigenvalue weighted by molar-refractivity contribution is 9.10. The first-order valence-corrected chi connectivity index (χ1v) is 8.15. The van der Waals surface area contributed by atoms with E-state index in [0.717, 1.165) is 25.3 Å². The van der Waals surface area contributed by atoms with Crippen LogP contribution in [0.3, 0.4) is 0 Å². The molecule has 0 N–H and O–H groups in total. The van der Waals surface area contributed by atoms with E-state index in [1.54, 1.807) is 0 Å². The van der Waals surface area contributed by atoms with Gasteiger partial charge in [0.15, 0.2) is 0 Å². The smallest absolute Gasteiger partial charge is 0.144 e. The van der Waals surface area contributed by atoms with E-state index in [-0.39, 0.29) is 10.3 Å². The molecule has 1 saturated heterocycles. The van der Waals surface area contributed by atoms with Gasteiger partial charge in [0.2, 0.25) is 0 Å². The van der Waals surface area contributed by atoms with E-state index in [0.29, 0.717) is 11.0 Å². The molecule has 1 aliphatic rings. The van der Waals surface area contributed by atoms with Gasteiger partial charge >= 0.3 is 0 Å². The van der Waals surface area contributed by atoms with Crippen LogP contribution in [0.25, 0.3) is 0 Å². The number of nitrogens with zero attached hydrogens (tertiary/aromatic N) is 1. The van der Waals surface area contributed by atoms with E-state index in [9.17, 15) is 8.78 Å². The largest absolute Gasteiger partial charge is 0.298 e.